The first kappa shape index (κ1) is 26.2. The molecule has 0 bridgehead atoms. The molecule has 2 saturated heterocycles. The lowest BCUT2D eigenvalue weighted by Crippen LogP contribution is -2.55. The van der Waals surface area contributed by atoms with E-state index in [1.807, 2.05) is 4.90 Å². The van der Waals surface area contributed by atoms with E-state index in [1.54, 1.807) is 13.2 Å². The maximum Gasteiger partial charge on any atom is 0.255 e. The SMILES string of the molecule is COc1cc(N)c(Cl)cc1C(=O)N[C@H]1CCN(CCCC(=O)N2CCCC2)C[C@@H]1OC.O. The molecule has 2 heterocycles. The van der Waals surface area contributed by atoms with Crippen molar-refractivity contribution in [2.75, 3.05) is 52.7 Å². The number of ether oxygens (including phenoxy) is 2. The van der Waals surface area contributed by atoms with Gasteiger partial charge in [-0.15, -0.1) is 0 Å². The minimum Gasteiger partial charge on any atom is -0.496 e. The van der Waals surface area contributed by atoms with Crippen molar-refractivity contribution in [3.8, 4) is 5.75 Å². The van der Waals surface area contributed by atoms with Gasteiger partial charge in [-0.3, -0.25) is 9.59 Å². The van der Waals surface area contributed by atoms with Crippen LogP contribution < -0.4 is 15.8 Å². The van der Waals surface area contributed by atoms with Gasteiger partial charge in [0.1, 0.15) is 5.75 Å². The van der Waals surface area contributed by atoms with Gasteiger partial charge < -0.3 is 35.8 Å². The molecule has 10 heteroatoms. The number of benzene rings is 1. The van der Waals surface area contributed by atoms with Crippen LogP contribution in [0.5, 0.6) is 5.75 Å². The second-order valence-electron chi connectivity index (χ2n) is 8.21. The summed E-state index contributed by atoms with van der Waals surface area (Å²) >= 11 is 6.10. The number of nitrogens with two attached hydrogens (primary N) is 1. The summed E-state index contributed by atoms with van der Waals surface area (Å²) in [6.45, 7) is 4.20. The fraction of sp³-hybridized carbons (Fsp3) is 0.636. The van der Waals surface area contributed by atoms with Gasteiger partial charge in [0.2, 0.25) is 5.91 Å². The molecular formula is C22H35ClN4O5. The average molecular weight is 471 g/mol. The largest absolute Gasteiger partial charge is 0.496 e. The van der Waals surface area contributed by atoms with Crippen molar-refractivity contribution in [2.45, 2.75) is 44.2 Å². The smallest absolute Gasteiger partial charge is 0.255 e. The predicted octanol–water partition coefficient (Wildman–Crippen LogP) is 1.33. The molecule has 2 atom stereocenters. The van der Waals surface area contributed by atoms with Crippen LogP contribution in [0.4, 0.5) is 5.69 Å². The van der Waals surface area contributed by atoms with E-state index in [4.69, 9.17) is 26.8 Å². The molecule has 2 amide bonds. The minimum absolute atomic E-state index is 0. The molecule has 0 saturated carbocycles. The number of rotatable bonds is 8. The Morgan fingerprint density at radius 1 is 1.22 bits per heavy atom. The van der Waals surface area contributed by atoms with Crippen LogP contribution in [-0.2, 0) is 9.53 Å². The molecule has 0 aliphatic carbocycles. The Balaban J connectivity index is 0.00000363. The minimum atomic E-state index is -0.268. The summed E-state index contributed by atoms with van der Waals surface area (Å²) < 4.78 is 11.0. The molecule has 9 nitrogen and oxygen atoms in total. The first-order valence-corrected chi connectivity index (χ1v) is 11.3. The summed E-state index contributed by atoms with van der Waals surface area (Å²) in [6, 6.07) is 2.96. The van der Waals surface area contributed by atoms with Gasteiger partial charge in [-0.2, -0.15) is 0 Å². The molecule has 180 valence electrons. The number of nitrogens with one attached hydrogen (secondary N) is 1. The number of methoxy groups -OCH3 is 2. The Bertz CT molecular complexity index is 788. The molecule has 0 unspecified atom stereocenters. The molecule has 2 fully saturated rings. The number of carbonyl (C=O) groups is 2. The number of carbonyl (C=O) groups excluding carboxylic acids is 2. The van der Waals surface area contributed by atoms with Crippen LogP contribution in [0.3, 0.4) is 0 Å². The Morgan fingerprint density at radius 3 is 2.59 bits per heavy atom. The third-order valence-electron chi connectivity index (χ3n) is 6.15. The van der Waals surface area contributed by atoms with E-state index in [1.165, 1.54) is 13.2 Å². The highest BCUT2D eigenvalue weighted by molar-refractivity contribution is 6.33. The van der Waals surface area contributed by atoms with E-state index in [-0.39, 0.29) is 29.4 Å². The summed E-state index contributed by atoms with van der Waals surface area (Å²) in [7, 11) is 3.15. The number of amides is 2. The molecule has 0 spiro atoms. The highest BCUT2D eigenvalue weighted by Crippen LogP contribution is 2.29. The van der Waals surface area contributed by atoms with Crippen molar-refractivity contribution >= 4 is 29.1 Å². The van der Waals surface area contributed by atoms with Crippen molar-refractivity contribution < 1.29 is 24.5 Å². The molecule has 2 aliphatic heterocycles. The summed E-state index contributed by atoms with van der Waals surface area (Å²) in [6.07, 6.45) is 4.29. The Hall–Kier alpha value is -2.07. The fourth-order valence-electron chi connectivity index (χ4n) is 4.33. The van der Waals surface area contributed by atoms with Gasteiger partial charge in [-0.25, -0.2) is 0 Å². The Labute approximate surface area is 194 Å². The van der Waals surface area contributed by atoms with Gasteiger partial charge in [0.15, 0.2) is 0 Å². The third kappa shape index (κ3) is 6.48. The average Bonchev–Trinajstić information content (AvgIpc) is 3.31. The van der Waals surface area contributed by atoms with Gasteiger partial charge in [0.05, 0.1) is 35.5 Å². The molecule has 2 aliphatic rings. The van der Waals surface area contributed by atoms with E-state index in [0.717, 1.165) is 51.9 Å². The lowest BCUT2D eigenvalue weighted by molar-refractivity contribution is -0.130. The van der Waals surface area contributed by atoms with E-state index in [2.05, 4.69) is 10.2 Å². The zero-order valence-electron chi connectivity index (χ0n) is 18.9. The van der Waals surface area contributed by atoms with Crippen LogP contribution in [0.15, 0.2) is 12.1 Å². The van der Waals surface area contributed by atoms with Crippen molar-refractivity contribution in [3.05, 3.63) is 22.7 Å². The van der Waals surface area contributed by atoms with Gasteiger partial charge in [0, 0.05) is 45.8 Å². The van der Waals surface area contributed by atoms with E-state index in [9.17, 15) is 9.59 Å². The fourth-order valence-corrected chi connectivity index (χ4v) is 4.49. The Morgan fingerprint density at radius 2 is 1.94 bits per heavy atom. The molecule has 0 radical (unpaired) electrons. The number of piperidine rings is 1. The van der Waals surface area contributed by atoms with Crippen LogP contribution in [0.1, 0.15) is 42.5 Å². The topological polar surface area (TPSA) is 129 Å². The molecule has 3 rings (SSSR count). The van der Waals surface area contributed by atoms with Crippen molar-refractivity contribution in [3.63, 3.8) is 0 Å². The Kier molecular flexibility index (Phi) is 10.0. The number of anilines is 1. The zero-order valence-corrected chi connectivity index (χ0v) is 19.6. The maximum atomic E-state index is 12.9. The van der Waals surface area contributed by atoms with Crippen LogP contribution in [-0.4, -0.2) is 86.2 Å². The van der Waals surface area contributed by atoms with Crippen molar-refractivity contribution in [1.82, 2.24) is 15.1 Å². The summed E-state index contributed by atoms with van der Waals surface area (Å²) in [5.74, 6) is 0.378. The standard InChI is InChI=1S/C22H33ClN4O4.H2O/c1-30-19-13-17(24)16(23)12-15(19)22(29)25-18-7-11-26(14-20(18)31-2)8-5-6-21(28)27-9-3-4-10-27;/h12-13,18,20H,3-11,14,24H2,1-2H3,(H,25,29);1H2/t18-,20-;/m0./s1. The van der Waals surface area contributed by atoms with Gasteiger partial charge in [-0.05, 0) is 38.3 Å². The molecule has 1 aromatic rings. The summed E-state index contributed by atoms with van der Waals surface area (Å²) in [4.78, 5) is 29.4. The number of nitrogen functional groups attached to an aromatic ring is 1. The van der Waals surface area contributed by atoms with Gasteiger partial charge in [0.25, 0.3) is 5.91 Å². The monoisotopic (exact) mass is 470 g/mol. The van der Waals surface area contributed by atoms with Crippen LogP contribution in [0.2, 0.25) is 5.02 Å². The number of hydrogen-bond donors (Lipinski definition) is 2. The first-order valence-electron chi connectivity index (χ1n) is 10.9. The van der Waals surface area contributed by atoms with Crippen LogP contribution in [0, 0.1) is 0 Å². The number of halogens is 1. The number of nitrogens with zero attached hydrogens (tertiary/aromatic N) is 2. The number of hydrogen-bond acceptors (Lipinski definition) is 6. The molecule has 32 heavy (non-hydrogen) atoms. The molecule has 0 aromatic heterocycles. The second-order valence-corrected chi connectivity index (χ2v) is 8.62. The lowest BCUT2D eigenvalue weighted by Gasteiger charge is -2.38. The normalized spacial score (nSPS) is 21.2. The maximum absolute atomic E-state index is 12.9. The summed E-state index contributed by atoms with van der Waals surface area (Å²) in [5.41, 5.74) is 6.52. The number of likely N-dealkylation sites (tertiary alicyclic amines) is 2. The highest BCUT2D eigenvalue weighted by Gasteiger charge is 2.31. The third-order valence-corrected chi connectivity index (χ3v) is 6.48. The second kappa shape index (κ2) is 12.2. The molecular weight excluding hydrogens is 436 g/mol. The van der Waals surface area contributed by atoms with Crippen molar-refractivity contribution in [2.24, 2.45) is 0 Å². The van der Waals surface area contributed by atoms with Crippen molar-refractivity contribution in [1.29, 1.82) is 0 Å². The first-order chi connectivity index (χ1) is 14.9. The van der Waals surface area contributed by atoms with E-state index in [0.29, 0.717) is 35.0 Å². The van der Waals surface area contributed by atoms with Crippen LogP contribution in [0.25, 0.3) is 0 Å². The quantitative estimate of drug-likeness (QED) is 0.551. The van der Waals surface area contributed by atoms with E-state index >= 15 is 0 Å². The van der Waals surface area contributed by atoms with Gasteiger partial charge >= 0.3 is 0 Å². The predicted molar refractivity (Wildman–Crippen MR) is 124 cm³/mol. The molecule has 1 aromatic carbocycles. The lowest BCUT2D eigenvalue weighted by atomic mass is 10.0. The zero-order chi connectivity index (χ0) is 22.4. The molecule has 5 N–H and O–H groups in total. The summed E-state index contributed by atoms with van der Waals surface area (Å²) in [5, 5.41) is 3.37. The van der Waals surface area contributed by atoms with Crippen LogP contribution >= 0.6 is 11.6 Å². The highest BCUT2D eigenvalue weighted by atomic mass is 35.5. The van der Waals surface area contributed by atoms with E-state index < -0.39 is 0 Å². The van der Waals surface area contributed by atoms with Gasteiger partial charge in [-0.1, -0.05) is 11.6 Å².